The minimum Gasteiger partial charge on any atom is -0.370 e. The molecule has 0 unspecified atom stereocenters. The molecule has 5 nitrogen and oxygen atoms in total. The Bertz CT molecular complexity index is 984. The SMILES string of the molecule is C[C@H]1CCCC[C@H]1Nc1nc(C[NH+]2CCOCC2)nc2scc(-c3ccccc3)c12. The van der Waals surface area contributed by atoms with Gasteiger partial charge in [-0.15, -0.1) is 11.3 Å². The average Bonchev–Trinajstić information content (AvgIpc) is 3.21. The Balaban J connectivity index is 1.54. The lowest BCUT2D eigenvalue weighted by molar-refractivity contribution is -0.922. The van der Waals surface area contributed by atoms with Gasteiger partial charge in [0.15, 0.2) is 5.82 Å². The number of morpholine rings is 1. The number of quaternary nitrogens is 1. The van der Waals surface area contributed by atoms with Gasteiger partial charge in [0.05, 0.1) is 18.6 Å². The number of nitrogens with zero attached hydrogens (tertiary/aromatic N) is 2. The summed E-state index contributed by atoms with van der Waals surface area (Å²) in [4.78, 5) is 12.7. The molecule has 5 rings (SSSR count). The van der Waals surface area contributed by atoms with Gasteiger partial charge >= 0.3 is 0 Å². The van der Waals surface area contributed by atoms with Gasteiger partial charge in [-0.05, 0) is 24.3 Å². The Morgan fingerprint density at radius 2 is 1.90 bits per heavy atom. The molecule has 0 radical (unpaired) electrons. The van der Waals surface area contributed by atoms with Crippen molar-refractivity contribution in [1.29, 1.82) is 0 Å². The van der Waals surface area contributed by atoms with Gasteiger partial charge < -0.3 is 15.0 Å². The fraction of sp³-hybridized carbons (Fsp3) is 0.500. The molecule has 1 aromatic carbocycles. The minimum absolute atomic E-state index is 0.490. The van der Waals surface area contributed by atoms with Crippen molar-refractivity contribution in [2.75, 3.05) is 31.6 Å². The maximum Gasteiger partial charge on any atom is 0.187 e. The molecular formula is C24H31N4OS+. The summed E-state index contributed by atoms with van der Waals surface area (Å²) in [6, 6.07) is 11.1. The number of hydrogen-bond acceptors (Lipinski definition) is 5. The Morgan fingerprint density at radius 3 is 2.70 bits per heavy atom. The Morgan fingerprint density at radius 1 is 1.10 bits per heavy atom. The number of fused-ring (bicyclic) bond motifs is 1. The third kappa shape index (κ3) is 4.22. The molecule has 1 saturated carbocycles. The van der Waals surface area contributed by atoms with Crippen molar-refractivity contribution in [3.05, 3.63) is 41.5 Å². The summed E-state index contributed by atoms with van der Waals surface area (Å²) in [6.07, 6.45) is 5.17. The van der Waals surface area contributed by atoms with E-state index in [9.17, 15) is 0 Å². The number of nitrogens with one attached hydrogen (secondary N) is 2. The number of thiophene rings is 1. The van der Waals surface area contributed by atoms with Crippen LogP contribution in [0.1, 0.15) is 38.4 Å². The normalized spacial score (nSPS) is 23.0. The zero-order valence-electron chi connectivity index (χ0n) is 17.7. The third-order valence-corrected chi connectivity index (χ3v) is 7.48. The standard InChI is InChI=1S/C24H30N4OS/c1-17-7-5-6-10-20(17)25-23-22-19(18-8-3-2-4-9-18)16-30-24(22)27-21(26-23)15-28-11-13-29-14-12-28/h2-4,8-9,16-17,20H,5-7,10-15H2,1H3,(H,25,26,27)/p+1/t17-,20+/m0/s1. The Hall–Kier alpha value is -2.02. The number of ether oxygens (including phenoxy) is 1. The molecule has 3 aromatic rings. The van der Waals surface area contributed by atoms with Crippen LogP contribution < -0.4 is 10.2 Å². The molecule has 30 heavy (non-hydrogen) atoms. The molecule has 2 fully saturated rings. The molecule has 1 aliphatic carbocycles. The van der Waals surface area contributed by atoms with Crippen LogP contribution in [0.5, 0.6) is 0 Å². The van der Waals surface area contributed by atoms with E-state index in [0.717, 1.165) is 49.3 Å². The quantitative estimate of drug-likeness (QED) is 0.656. The first-order chi connectivity index (χ1) is 14.8. The van der Waals surface area contributed by atoms with Crippen LogP contribution >= 0.6 is 11.3 Å². The molecule has 158 valence electrons. The van der Waals surface area contributed by atoms with E-state index < -0.39 is 0 Å². The number of benzene rings is 1. The van der Waals surface area contributed by atoms with E-state index in [4.69, 9.17) is 14.7 Å². The van der Waals surface area contributed by atoms with E-state index in [2.05, 4.69) is 48.0 Å². The first-order valence-electron chi connectivity index (χ1n) is 11.3. The van der Waals surface area contributed by atoms with Crippen molar-refractivity contribution >= 4 is 27.4 Å². The average molecular weight is 424 g/mol. The maximum absolute atomic E-state index is 5.52. The number of aromatic nitrogens is 2. The lowest BCUT2D eigenvalue weighted by Crippen LogP contribution is -3.12. The lowest BCUT2D eigenvalue weighted by atomic mass is 9.86. The molecule has 1 saturated heterocycles. The third-order valence-electron chi connectivity index (χ3n) is 6.61. The number of hydrogen-bond donors (Lipinski definition) is 2. The zero-order chi connectivity index (χ0) is 20.3. The van der Waals surface area contributed by atoms with Gasteiger partial charge in [0.25, 0.3) is 0 Å². The van der Waals surface area contributed by atoms with Gasteiger partial charge in [-0.3, -0.25) is 0 Å². The van der Waals surface area contributed by atoms with Crippen LogP contribution in [0.2, 0.25) is 0 Å². The first kappa shape index (κ1) is 19.9. The van der Waals surface area contributed by atoms with E-state index in [1.807, 2.05) is 0 Å². The zero-order valence-corrected chi connectivity index (χ0v) is 18.5. The molecule has 0 amide bonds. The number of anilines is 1. The maximum atomic E-state index is 5.52. The van der Waals surface area contributed by atoms with Crippen molar-refractivity contribution in [1.82, 2.24) is 9.97 Å². The molecule has 6 heteroatoms. The highest BCUT2D eigenvalue weighted by atomic mass is 32.1. The van der Waals surface area contributed by atoms with Crippen LogP contribution in [0, 0.1) is 5.92 Å². The molecule has 2 aliphatic rings. The second-order valence-corrected chi connectivity index (χ2v) is 9.59. The molecule has 2 atom stereocenters. The molecule has 1 aliphatic heterocycles. The highest BCUT2D eigenvalue weighted by molar-refractivity contribution is 7.17. The van der Waals surface area contributed by atoms with Crippen molar-refractivity contribution in [2.24, 2.45) is 5.92 Å². The van der Waals surface area contributed by atoms with Crippen LogP contribution in [0.25, 0.3) is 21.3 Å². The summed E-state index contributed by atoms with van der Waals surface area (Å²) in [5, 5.41) is 7.30. The summed E-state index contributed by atoms with van der Waals surface area (Å²) >= 11 is 1.74. The monoisotopic (exact) mass is 423 g/mol. The van der Waals surface area contributed by atoms with Gasteiger partial charge in [-0.1, -0.05) is 50.1 Å². The van der Waals surface area contributed by atoms with E-state index in [1.54, 1.807) is 11.3 Å². The summed E-state index contributed by atoms with van der Waals surface area (Å²) in [5.41, 5.74) is 2.48. The highest BCUT2D eigenvalue weighted by Crippen LogP contribution is 2.38. The summed E-state index contributed by atoms with van der Waals surface area (Å²) < 4.78 is 5.52. The van der Waals surface area contributed by atoms with Gasteiger partial charge in [0.1, 0.15) is 30.3 Å². The number of rotatable bonds is 5. The van der Waals surface area contributed by atoms with Crippen molar-refractivity contribution in [3.63, 3.8) is 0 Å². The predicted octanol–water partition coefficient (Wildman–Crippen LogP) is 3.76. The van der Waals surface area contributed by atoms with Crippen molar-refractivity contribution in [3.8, 4) is 11.1 Å². The van der Waals surface area contributed by atoms with Gasteiger partial charge in [-0.2, -0.15) is 0 Å². The predicted molar refractivity (Wildman–Crippen MR) is 123 cm³/mol. The molecule has 2 N–H and O–H groups in total. The van der Waals surface area contributed by atoms with E-state index in [1.165, 1.54) is 47.1 Å². The van der Waals surface area contributed by atoms with Gasteiger partial charge in [0.2, 0.25) is 0 Å². The second-order valence-electron chi connectivity index (χ2n) is 8.74. The molecular weight excluding hydrogens is 392 g/mol. The molecule has 0 spiro atoms. The lowest BCUT2D eigenvalue weighted by Gasteiger charge is -2.30. The Kier molecular flexibility index (Phi) is 5.97. The van der Waals surface area contributed by atoms with E-state index in [0.29, 0.717) is 12.0 Å². The van der Waals surface area contributed by atoms with Crippen LogP contribution in [-0.4, -0.2) is 42.3 Å². The summed E-state index contributed by atoms with van der Waals surface area (Å²) in [7, 11) is 0. The van der Waals surface area contributed by atoms with Crippen LogP contribution in [0.3, 0.4) is 0 Å². The molecule has 2 aromatic heterocycles. The largest absolute Gasteiger partial charge is 0.370 e. The van der Waals surface area contributed by atoms with Crippen molar-refractivity contribution in [2.45, 2.75) is 45.2 Å². The van der Waals surface area contributed by atoms with Crippen LogP contribution in [0.4, 0.5) is 5.82 Å². The van der Waals surface area contributed by atoms with Gasteiger partial charge in [-0.25, -0.2) is 9.97 Å². The molecule has 3 heterocycles. The fourth-order valence-corrected chi connectivity index (χ4v) is 5.73. The van der Waals surface area contributed by atoms with Crippen LogP contribution in [-0.2, 0) is 11.3 Å². The van der Waals surface area contributed by atoms with E-state index >= 15 is 0 Å². The van der Waals surface area contributed by atoms with Gasteiger partial charge in [0, 0.05) is 17.0 Å². The molecule has 0 bridgehead atoms. The van der Waals surface area contributed by atoms with Crippen molar-refractivity contribution < 1.29 is 9.64 Å². The first-order valence-corrected chi connectivity index (χ1v) is 12.2. The summed E-state index contributed by atoms with van der Waals surface area (Å²) in [5.74, 6) is 2.66. The highest BCUT2D eigenvalue weighted by Gasteiger charge is 2.25. The second kappa shape index (κ2) is 9.00. The van der Waals surface area contributed by atoms with E-state index in [-0.39, 0.29) is 0 Å². The Labute approximate surface area is 182 Å². The summed E-state index contributed by atoms with van der Waals surface area (Å²) in [6.45, 7) is 6.97. The fourth-order valence-electron chi connectivity index (χ4n) is 4.77. The van der Waals surface area contributed by atoms with Crippen LogP contribution in [0.15, 0.2) is 35.7 Å². The minimum atomic E-state index is 0.490. The smallest absolute Gasteiger partial charge is 0.187 e. The topological polar surface area (TPSA) is 51.5 Å².